The molecular formula is C27H29FN4O2. The predicted molar refractivity (Wildman–Crippen MR) is 132 cm³/mol. The summed E-state index contributed by atoms with van der Waals surface area (Å²) in [5, 5.41) is 0. The van der Waals surface area contributed by atoms with Gasteiger partial charge in [-0.25, -0.2) is 4.39 Å². The summed E-state index contributed by atoms with van der Waals surface area (Å²) in [6.45, 7) is 3.16. The number of rotatable bonds is 8. The SMILES string of the molecule is CN(C=O)c1ccc(C(=O)N(CCN2CCC(c3ccc(F)cc3)CC2)c2cccnc2)cc1. The van der Waals surface area contributed by atoms with Crippen LogP contribution in [0.4, 0.5) is 15.8 Å². The third kappa shape index (κ3) is 5.66. The van der Waals surface area contributed by atoms with Gasteiger partial charge in [0.05, 0.1) is 11.9 Å². The minimum absolute atomic E-state index is 0.102. The van der Waals surface area contributed by atoms with Crippen LogP contribution < -0.4 is 9.80 Å². The molecule has 2 amide bonds. The maximum Gasteiger partial charge on any atom is 0.258 e. The third-order valence-corrected chi connectivity index (χ3v) is 6.45. The van der Waals surface area contributed by atoms with E-state index in [-0.39, 0.29) is 11.7 Å². The Morgan fingerprint density at radius 3 is 2.38 bits per heavy atom. The van der Waals surface area contributed by atoms with Crippen LogP contribution in [0.25, 0.3) is 0 Å². The van der Waals surface area contributed by atoms with Crippen molar-refractivity contribution >= 4 is 23.7 Å². The number of hydrogen-bond acceptors (Lipinski definition) is 4. The van der Waals surface area contributed by atoms with Crippen molar-refractivity contribution in [3.63, 3.8) is 0 Å². The second-order valence-electron chi connectivity index (χ2n) is 8.60. The zero-order chi connectivity index (χ0) is 23.9. The molecule has 0 saturated carbocycles. The summed E-state index contributed by atoms with van der Waals surface area (Å²) in [4.78, 5) is 34.2. The van der Waals surface area contributed by atoms with Gasteiger partial charge >= 0.3 is 0 Å². The van der Waals surface area contributed by atoms with E-state index >= 15 is 0 Å². The van der Waals surface area contributed by atoms with Crippen LogP contribution in [0.1, 0.15) is 34.7 Å². The van der Waals surface area contributed by atoms with Gasteiger partial charge in [-0.2, -0.15) is 0 Å². The van der Waals surface area contributed by atoms with E-state index in [0.717, 1.165) is 50.3 Å². The predicted octanol–water partition coefficient (Wildman–Crippen LogP) is 4.34. The van der Waals surface area contributed by atoms with E-state index in [9.17, 15) is 14.0 Å². The zero-order valence-electron chi connectivity index (χ0n) is 19.3. The van der Waals surface area contributed by atoms with Gasteiger partial charge in [0.1, 0.15) is 5.82 Å². The maximum absolute atomic E-state index is 13.4. The highest BCUT2D eigenvalue weighted by Gasteiger charge is 2.23. The van der Waals surface area contributed by atoms with Crippen LogP contribution in [0.3, 0.4) is 0 Å². The van der Waals surface area contributed by atoms with Gasteiger partial charge < -0.3 is 14.7 Å². The van der Waals surface area contributed by atoms with Gasteiger partial charge in [0.15, 0.2) is 0 Å². The van der Waals surface area contributed by atoms with Crippen molar-refractivity contribution in [2.75, 3.05) is 43.0 Å². The molecule has 2 aromatic carbocycles. The van der Waals surface area contributed by atoms with E-state index < -0.39 is 0 Å². The molecule has 4 rings (SSSR count). The van der Waals surface area contributed by atoms with Crippen LogP contribution in [-0.2, 0) is 4.79 Å². The molecule has 0 unspecified atom stereocenters. The lowest BCUT2D eigenvalue weighted by molar-refractivity contribution is -0.107. The first-order valence-corrected chi connectivity index (χ1v) is 11.5. The van der Waals surface area contributed by atoms with Gasteiger partial charge in [-0.15, -0.1) is 0 Å². The fourth-order valence-corrected chi connectivity index (χ4v) is 4.38. The topological polar surface area (TPSA) is 56.8 Å². The van der Waals surface area contributed by atoms with E-state index in [1.807, 2.05) is 24.3 Å². The number of carbonyl (C=O) groups is 2. The molecule has 1 saturated heterocycles. The molecule has 0 radical (unpaired) electrons. The highest BCUT2D eigenvalue weighted by Crippen LogP contribution is 2.28. The Bertz CT molecular complexity index is 1080. The molecule has 0 spiro atoms. The number of halogens is 1. The molecule has 34 heavy (non-hydrogen) atoms. The first-order chi connectivity index (χ1) is 16.5. The molecule has 1 aliphatic heterocycles. The van der Waals surface area contributed by atoms with Crippen LogP contribution in [0.2, 0.25) is 0 Å². The molecule has 176 valence electrons. The number of hydrogen-bond donors (Lipinski definition) is 0. The zero-order valence-corrected chi connectivity index (χ0v) is 19.3. The molecule has 0 atom stereocenters. The van der Waals surface area contributed by atoms with Gasteiger partial charge in [-0.1, -0.05) is 12.1 Å². The summed E-state index contributed by atoms with van der Waals surface area (Å²) in [6.07, 6.45) is 6.15. The van der Waals surface area contributed by atoms with Gasteiger partial charge in [0.25, 0.3) is 5.91 Å². The lowest BCUT2D eigenvalue weighted by atomic mass is 9.89. The van der Waals surface area contributed by atoms with E-state index in [2.05, 4.69) is 9.88 Å². The van der Waals surface area contributed by atoms with E-state index in [1.54, 1.807) is 48.6 Å². The van der Waals surface area contributed by atoms with Crippen molar-refractivity contribution in [2.24, 2.45) is 0 Å². The van der Waals surface area contributed by atoms with Gasteiger partial charge in [0.2, 0.25) is 6.41 Å². The first kappa shape index (κ1) is 23.6. The summed E-state index contributed by atoms with van der Waals surface area (Å²) < 4.78 is 13.2. The number of nitrogens with zero attached hydrogens (tertiary/aromatic N) is 4. The van der Waals surface area contributed by atoms with Crippen molar-refractivity contribution in [1.82, 2.24) is 9.88 Å². The van der Waals surface area contributed by atoms with Crippen molar-refractivity contribution in [1.29, 1.82) is 0 Å². The van der Waals surface area contributed by atoms with E-state index in [1.165, 1.54) is 22.6 Å². The van der Waals surface area contributed by atoms with Crippen LogP contribution in [-0.4, -0.2) is 55.4 Å². The molecule has 0 bridgehead atoms. The first-order valence-electron chi connectivity index (χ1n) is 11.5. The van der Waals surface area contributed by atoms with E-state index in [4.69, 9.17) is 0 Å². The molecule has 0 N–H and O–H groups in total. The third-order valence-electron chi connectivity index (χ3n) is 6.45. The lowest BCUT2D eigenvalue weighted by Crippen LogP contribution is -2.41. The van der Waals surface area contributed by atoms with Crippen molar-refractivity contribution in [2.45, 2.75) is 18.8 Å². The van der Waals surface area contributed by atoms with Gasteiger partial charge in [-0.05, 0) is 85.9 Å². The monoisotopic (exact) mass is 460 g/mol. The maximum atomic E-state index is 13.4. The summed E-state index contributed by atoms with van der Waals surface area (Å²) in [5.74, 6) is 0.136. The standard InChI is InChI=1S/C27H29FN4O2/c1-30(20-33)25-10-6-23(7-11-25)27(34)32(26-3-2-14-29-19-26)18-17-31-15-12-22(13-16-31)21-4-8-24(28)9-5-21/h2-11,14,19-20,22H,12-13,15-18H2,1H3. The summed E-state index contributed by atoms with van der Waals surface area (Å²) in [5.41, 5.74) is 3.23. The fourth-order valence-electron chi connectivity index (χ4n) is 4.38. The van der Waals surface area contributed by atoms with Gasteiger partial charge in [0, 0.05) is 37.6 Å². The molecule has 0 aliphatic carbocycles. The van der Waals surface area contributed by atoms with E-state index in [0.29, 0.717) is 18.0 Å². The second kappa shape index (κ2) is 11.0. The number of likely N-dealkylation sites (tertiary alicyclic amines) is 1. The average Bonchev–Trinajstić information content (AvgIpc) is 2.90. The molecule has 2 heterocycles. The quantitative estimate of drug-likeness (QED) is 0.470. The molecule has 1 aliphatic rings. The molecule has 6 nitrogen and oxygen atoms in total. The Labute approximate surface area is 199 Å². The van der Waals surface area contributed by atoms with Crippen LogP contribution in [0, 0.1) is 5.82 Å². The normalized spacial score (nSPS) is 14.5. The summed E-state index contributed by atoms with van der Waals surface area (Å²) >= 11 is 0. The molecule has 3 aromatic rings. The largest absolute Gasteiger partial charge is 0.318 e. The second-order valence-corrected chi connectivity index (χ2v) is 8.60. The number of aromatic nitrogens is 1. The van der Waals surface area contributed by atoms with Crippen LogP contribution in [0.5, 0.6) is 0 Å². The summed E-state index contributed by atoms with van der Waals surface area (Å²) in [6, 6.07) is 17.6. The molecule has 7 heteroatoms. The number of anilines is 2. The smallest absolute Gasteiger partial charge is 0.258 e. The number of pyridine rings is 1. The Morgan fingerprint density at radius 1 is 1.06 bits per heavy atom. The highest BCUT2D eigenvalue weighted by molar-refractivity contribution is 6.06. The van der Waals surface area contributed by atoms with Crippen molar-refractivity contribution in [3.05, 3.63) is 90.0 Å². The number of amides is 2. The highest BCUT2D eigenvalue weighted by atomic mass is 19.1. The Hall–Kier alpha value is -3.58. The number of carbonyl (C=O) groups excluding carboxylic acids is 2. The molecule has 1 aromatic heterocycles. The van der Waals surface area contributed by atoms with Gasteiger partial charge in [-0.3, -0.25) is 14.6 Å². The minimum Gasteiger partial charge on any atom is -0.318 e. The molecular weight excluding hydrogens is 431 g/mol. The fraction of sp³-hybridized carbons (Fsp3) is 0.296. The average molecular weight is 461 g/mol. The molecule has 1 fully saturated rings. The Morgan fingerprint density at radius 2 is 1.76 bits per heavy atom. The van der Waals surface area contributed by atoms with Crippen LogP contribution >= 0.6 is 0 Å². The lowest BCUT2D eigenvalue weighted by Gasteiger charge is -2.34. The van der Waals surface area contributed by atoms with Crippen molar-refractivity contribution in [3.8, 4) is 0 Å². The Kier molecular flexibility index (Phi) is 7.65. The number of benzene rings is 2. The minimum atomic E-state index is -0.202. The Balaban J connectivity index is 1.41. The number of piperidine rings is 1. The van der Waals surface area contributed by atoms with Crippen molar-refractivity contribution < 1.29 is 14.0 Å². The van der Waals surface area contributed by atoms with Crippen LogP contribution in [0.15, 0.2) is 73.1 Å². The summed E-state index contributed by atoms with van der Waals surface area (Å²) in [7, 11) is 1.67.